The minimum Gasteiger partial charge on any atom is -0.459 e. The number of hydrogen-bond acceptors (Lipinski definition) is 4. The van der Waals surface area contributed by atoms with Crippen LogP contribution in [-0.2, 0) is 4.79 Å². The summed E-state index contributed by atoms with van der Waals surface area (Å²) in [5, 5.41) is 3.17. The Morgan fingerprint density at radius 1 is 1.06 bits per heavy atom. The second kappa shape index (κ2) is 9.16. The first-order chi connectivity index (χ1) is 15.0. The SMILES string of the molecule is Cc1ccc(N(C(=O)c2ccco2)C(C(=O)NC2CCCC2)c2ccncc2)cc1C. The first-order valence-corrected chi connectivity index (χ1v) is 10.7. The smallest absolute Gasteiger partial charge is 0.294 e. The van der Waals surface area contributed by atoms with Crippen LogP contribution < -0.4 is 10.2 Å². The van der Waals surface area contributed by atoms with Gasteiger partial charge < -0.3 is 9.73 Å². The van der Waals surface area contributed by atoms with Gasteiger partial charge in [-0.2, -0.15) is 0 Å². The molecule has 0 radical (unpaired) electrons. The molecule has 2 aromatic heterocycles. The Balaban J connectivity index is 1.81. The average Bonchev–Trinajstić information content (AvgIpc) is 3.48. The van der Waals surface area contributed by atoms with Gasteiger partial charge in [-0.1, -0.05) is 18.9 Å². The molecule has 3 aromatic rings. The standard InChI is InChI=1S/C25H27N3O3/c1-17-9-10-21(16-18(17)2)28(25(30)22-8-5-15-31-22)23(19-11-13-26-14-12-19)24(29)27-20-6-3-4-7-20/h5,8-16,20,23H,3-4,6-7H2,1-2H3,(H,27,29). The van der Waals surface area contributed by atoms with Crippen LogP contribution in [0, 0.1) is 13.8 Å². The van der Waals surface area contributed by atoms with Crippen molar-refractivity contribution >= 4 is 17.5 Å². The number of rotatable bonds is 6. The van der Waals surface area contributed by atoms with Gasteiger partial charge >= 0.3 is 0 Å². The van der Waals surface area contributed by atoms with Crippen molar-refractivity contribution in [3.05, 3.63) is 83.6 Å². The predicted octanol–water partition coefficient (Wildman–Crippen LogP) is 4.74. The third-order valence-corrected chi connectivity index (χ3v) is 5.95. The van der Waals surface area contributed by atoms with E-state index in [1.54, 1.807) is 36.7 Å². The first kappa shape index (κ1) is 20.8. The molecule has 1 aromatic carbocycles. The fraction of sp³-hybridized carbons (Fsp3) is 0.320. The number of aryl methyl sites for hydroxylation is 2. The number of carbonyl (C=O) groups is 2. The summed E-state index contributed by atoms with van der Waals surface area (Å²) in [6.45, 7) is 4.01. The van der Waals surface area contributed by atoms with E-state index < -0.39 is 6.04 Å². The molecule has 2 heterocycles. The maximum Gasteiger partial charge on any atom is 0.294 e. The van der Waals surface area contributed by atoms with E-state index in [1.165, 1.54) is 11.2 Å². The average molecular weight is 418 g/mol. The lowest BCUT2D eigenvalue weighted by molar-refractivity contribution is -0.123. The molecule has 2 amide bonds. The zero-order valence-corrected chi connectivity index (χ0v) is 17.9. The Labute approximate surface area is 182 Å². The van der Waals surface area contributed by atoms with Gasteiger partial charge in [0.2, 0.25) is 5.91 Å². The van der Waals surface area contributed by atoms with E-state index in [-0.39, 0.29) is 23.6 Å². The highest BCUT2D eigenvalue weighted by molar-refractivity contribution is 6.08. The van der Waals surface area contributed by atoms with E-state index in [1.807, 2.05) is 32.0 Å². The van der Waals surface area contributed by atoms with Gasteiger partial charge in [-0.25, -0.2) is 0 Å². The van der Waals surface area contributed by atoms with Gasteiger partial charge in [0.1, 0.15) is 6.04 Å². The summed E-state index contributed by atoms with van der Waals surface area (Å²) in [7, 11) is 0. The maximum absolute atomic E-state index is 13.6. The molecule has 1 unspecified atom stereocenters. The molecule has 1 aliphatic rings. The molecular formula is C25H27N3O3. The number of carbonyl (C=O) groups excluding carboxylic acids is 2. The highest BCUT2D eigenvalue weighted by Crippen LogP contribution is 2.31. The summed E-state index contributed by atoms with van der Waals surface area (Å²) >= 11 is 0. The number of amides is 2. The van der Waals surface area contributed by atoms with Crippen molar-refractivity contribution in [2.75, 3.05) is 4.90 Å². The second-order valence-corrected chi connectivity index (χ2v) is 8.09. The molecule has 31 heavy (non-hydrogen) atoms. The molecule has 1 aliphatic carbocycles. The normalized spacial score (nSPS) is 14.9. The highest BCUT2D eigenvalue weighted by Gasteiger charge is 2.35. The molecule has 4 rings (SSSR count). The fourth-order valence-corrected chi connectivity index (χ4v) is 4.09. The van der Waals surface area contributed by atoms with Gasteiger partial charge in [0.25, 0.3) is 5.91 Å². The van der Waals surface area contributed by atoms with Gasteiger partial charge in [0.05, 0.1) is 6.26 Å². The van der Waals surface area contributed by atoms with Gasteiger partial charge in [-0.3, -0.25) is 19.5 Å². The lowest BCUT2D eigenvalue weighted by atomic mass is 10.0. The van der Waals surface area contributed by atoms with Crippen molar-refractivity contribution in [2.24, 2.45) is 0 Å². The van der Waals surface area contributed by atoms with E-state index in [4.69, 9.17) is 4.42 Å². The molecule has 160 valence electrons. The van der Waals surface area contributed by atoms with Gasteiger partial charge in [-0.05, 0) is 79.8 Å². The van der Waals surface area contributed by atoms with Crippen molar-refractivity contribution in [3.63, 3.8) is 0 Å². The third-order valence-electron chi connectivity index (χ3n) is 5.95. The Kier molecular flexibility index (Phi) is 6.16. The van der Waals surface area contributed by atoms with E-state index >= 15 is 0 Å². The van der Waals surface area contributed by atoms with E-state index in [9.17, 15) is 9.59 Å². The Bertz CT molecular complexity index is 1040. The van der Waals surface area contributed by atoms with Crippen LogP contribution in [0.2, 0.25) is 0 Å². The molecule has 1 N–H and O–H groups in total. The first-order valence-electron chi connectivity index (χ1n) is 10.7. The molecule has 1 fully saturated rings. The van der Waals surface area contributed by atoms with Crippen LogP contribution >= 0.6 is 0 Å². The van der Waals surface area contributed by atoms with Crippen LogP contribution in [0.15, 0.2) is 65.5 Å². The van der Waals surface area contributed by atoms with Crippen LogP contribution in [0.4, 0.5) is 5.69 Å². The van der Waals surface area contributed by atoms with Crippen LogP contribution in [0.25, 0.3) is 0 Å². The van der Waals surface area contributed by atoms with Crippen LogP contribution in [0.3, 0.4) is 0 Å². The zero-order chi connectivity index (χ0) is 21.8. The molecule has 1 saturated carbocycles. The largest absolute Gasteiger partial charge is 0.459 e. The summed E-state index contributed by atoms with van der Waals surface area (Å²) < 4.78 is 5.42. The Morgan fingerprint density at radius 3 is 2.45 bits per heavy atom. The van der Waals surface area contributed by atoms with Crippen LogP contribution in [-0.4, -0.2) is 22.8 Å². The fourth-order valence-electron chi connectivity index (χ4n) is 4.09. The Hall–Kier alpha value is -3.41. The number of anilines is 1. The predicted molar refractivity (Wildman–Crippen MR) is 119 cm³/mol. The van der Waals surface area contributed by atoms with Gasteiger partial charge in [0.15, 0.2) is 5.76 Å². The minimum atomic E-state index is -0.844. The number of nitrogens with one attached hydrogen (secondary N) is 1. The van der Waals surface area contributed by atoms with Gasteiger partial charge in [0, 0.05) is 24.1 Å². The van der Waals surface area contributed by atoms with E-state index in [0.29, 0.717) is 11.3 Å². The third kappa shape index (κ3) is 4.53. The lowest BCUT2D eigenvalue weighted by Gasteiger charge is -2.32. The minimum absolute atomic E-state index is 0.136. The molecule has 6 heteroatoms. The van der Waals surface area contributed by atoms with Crippen molar-refractivity contribution in [2.45, 2.75) is 51.6 Å². The number of aromatic nitrogens is 1. The number of benzene rings is 1. The quantitative estimate of drug-likeness (QED) is 0.629. The van der Waals surface area contributed by atoms with Crippen LogP contribution in [0.1, 0.15) is 59.0 Å². The second-order valence-electron chi connectivity index (χ2n) is 8.09. The van der Waals surface area contributed by atoms with Crippen LogP contribution in [0.5, 0.6) is 0 Å². The Morgan fingerprint density at radius 2 is 1.81 bits per heavy atom. The monoisotopic (exact) mass is 417 g/mol. The lowest BCUT2D eigenvalue weighted by Crippen LogP contribution is -2.46. The van der Waals surface area contributed by atoms with E-state index in [2.05, 4.69) is 10.3 Å². The van der Waals surface area contributed by atoms with Crippen molar-refractivity contribution < 1.29 is 14.0 Å². The van der Waals surface area contributed by atoms with Crippen molar-refractivity contribution in [1.82, 2.24) is 10.3 Å². The molecule has 0 aliphatic heterocycles. The maximum atomic E-state index is 13.6. The molecule has 6 nitrogen and oxygen atoms in total. The van der Waals surface area contributed by atoms with Crippen molar-refractivity contribution in [1.29, 1.82) is 0 Å². The molecule has 0 saturated heterocycles. The number of nitrogens with zero attached hydrogens (tertiary/aromatic N) is 2. The summed E-state index contributed by atoms with van der Waals surface area (Å²) in [6, 6.07) is 11.9. The summed E-state index contributed by atoms with van der Waals surface area (Å²) in [4.78, 5) is 32.8. The number of furan rings is 1. The zero-order valence-electron chi connectivity index (χ0n) is 17.9. The van der Waals surface area contributed by atoms with E-state index in [0.717, 1.165) is 36.8 Å². The molecule has 0 bridgehead atoms. The molecular weight excluding hydrogens is 390 g/mol. The number of pyridine rings is 1. The van der Waals surface area contributed by atoms with Gasteiger partial charge in [-0.15, -0.1) is 0 Å². The van der Waals surface area contributed by atoms with Crippen molar-refractivity contribution in [3.8, 4) is 0 Å². The molecule has 0 spiro atoms. The molecule has 1 atom stereocenters. The highest BCUT2D eigenvalue weighted by atomic mass is 16.3. The summed E-state index contributed by atoms with van der Waals surface area (Å²) in [5.41, 5.74) is 3.50. The summed E-state index contributed by atoms with van der Waals surface area (Å²) in [6.07, 6.45) is 8.89. The number of hydrogen-bond donors (Lipinski definition) is 1. The topological polar surface area (TPSA) is 75.4 Å². The summed E-state index contributed by atoms with van der Waals surface area (Å²) in [5.74, 6) is -0.376.